The van der Waals surface area contributed by atoms with E-state index in [1.165, 1.54) is 0 Å². The first kappa shape index (κ1) is 12.7. The molecule has 0 saturated carbocycles. The van der Waals surface area contributed by atoms with Gasteiger partial charge < -0.3 is 10.5 Å². The van der Waals surface area contributed by atoms with Crippen molar-refractivity contribution in [2.45, 2.75) is 0 Å². The summed E-state index contributed by atoms with van der Waals surface area (Å²) in [6.07, 6.45) is 4.90. The molecule has 1 heterocycles. The highest BCUT2D eigenvalue weighted by Gasteiger charge is 2.21. The van der Waals surface area contributed by atoms with E-state index in [0.717, 1.165) is 0 Å². The molecule has 0 atom stereocenters. The normalized spacial score (nSPS) is 9.62. The van der Waals surface area contributed by atoms with Gasteiger partial charge in [-0.25, -0.2) is 14.2 Å². The molecule has 0 saturated heterocycles. The van der Waals surface area contributed by atoms with E-state index >= 15 is 0 Å². The van der Waals surface area contributed by atoms with Crippen LogP contribution < -0.4 is 5.73 Å². The van der Waals surface area contributed by atoms with Crippen LogP contribution >= 0.6 is 27.5 Å². The smallest absolute Gasteiger partial charge is 0.359 e. The quantitative estimate of drug-likeness (QED) is 0.516. The lowest BCUT2D eigenvalue weighted by molar-refractivity contribution is 0.0550. The van der Waals surface area contributed by atoms with E-state index in [1.54, 1.807) is 0 Å². The van der Waals surface area contributed by atoms with E-state index in [4.69, 9.17) is 23.8 Å². The van der Waals surface area contributed by atoms with Gasteiger partial charge in [-0.15, -0.1) is 6.42 Å². The molecule has 0 fully saturated rings. The van der Waals surface area contributed by atoms with E-state index < -0.39 is 11.8 Å². The Kier molecular flexibility index (Phi) is 4.10. The van der Waals surface area contributed by atoms with E-state index in [-0.39, 0.29) is 27.6 Å². The van der Waals surface area contributed by atoms with E-state index in [1.807, 2.05) is 0 Å². The third-order valence-electron chi connectivity index (χ3n) is 1.55. The number of nitrogens with zero attached hydrogens (tertiary/aromatic N) is 1. The monoisotopic (exact) mass is 306 g/mol. The zero-order chi connectivity index (χ0) is 12.3. The highest BCUT2D eigenvalue weighted by atomic mass is 79.9. The highest BCUT2D eigenvalue weighted by Crippen LogP contribution is 2.29. The van der Waals surface area contributed by atoms with Crippen LogP contribution in [-0.2, 0) is 4.74 Å². The number of aromatic nitrogens is 1. The number of terminal acetylenes is 1. The maximum atomic E-state index is 13.2. The molecular formula is C9H5BrClFN2O2. The molecule has 0 amide bonds. The average molecular weight is 308 g/mol. The van der Waals surface area contributed by atoms with Crippen molar-refractivity contribution in [3.05, 3.63) is 21.1 Å². The Morgan fingerprint density at radius 1 is 1.75 bits per heavy atom. The predicted molar refractivity (Wildman–Crippen MR) is 60.4 cm³/mol. The fourth-order valence-corrected chi connectivity index (χ4v) is 1.44. The van der Waals surface area contributed by atoms with Crippen LogP contribution in [0.1, 0.15) is 10.5 Å². The zero-order valence-electron chi connectivity index (χ0n) is 7.76. The van der Waals surface area contributed by atoms with Crippen molar-refractivity contribution in [3.63, 3.8) is 0 Å². The number of esters is 1. The maximum Gasteiger partial charge on any atom is 0.359 e. The lowest BCUT2D eigenvalue weighted by Gasteiger charge is -2.07. The largest absolute Gasteiger partial charge is 0.448 e. The number of hydrogen-bond donors (Lipinski definition) is 1. The molecule has 0 unspecified atom stereocenters. The second-order valence-corrected chi connectivity index (χ2v) is 3.70. The second kappa shape index (κ2) is 5.14. The van der Waals surface area contributed by atoms with Gasteiger partial charge in [-0.1, -0.05) is 17.5 Å². The minimum absolute atomic E-state index is 0.220. The number of hydrogen-bond acceptors (Lipinski definition) is 4. The third kappa shape index (κ3) is 2.43. The number of ether oxygens (including phenoxy) is 1. The van der Waals surface area contributed by atoms with Crippen LogP contribution in [0, 0.1) is 18.2 Å². The van der Waals surface area contributed by atoms with Crippen molar-refractivity contribution in [1.29, 1.82) is 0 Å². The van der Waals surface area contributed by atoms with E-state index in [0.29, 0.717) is 0 Å². The van der Waals surface area contributed by atoms with Gasteiger partial charge in [-0.2, -0.15) is 0 Å². The molecule has 0 aromatic carbocycles. The minimum atomic E-state index is -0.865. The van der Waals surface area contributed by atoms with Crippen molar-refractivity contribution in [2.24, 2.45) is 0 Å². The lowest BCUT2D eigenvalue weighted by Crippen LogP contribution is -2.11. The van der Waals surface area contributed by atoms with E-state index in [9.17, 15) is 9.18 Å². The molecule has 4 nitrogen and oxygen atoms in total. The molecule has 7 heteroatoms. The Hall–Kier alpha value is -1.32. The van der Waals surface area contributed by atoms with E-state index in [2.05, 4.69) is 31.6 Å². The van der Waals surface area contributed by atoms with Gasteiger partial charge in [0.1, 0.15) is 4.60 Å². The molecular weight excluding hydrogens is 302 g/mol. The summed E-state index contributed by atoms with van der Waals surface area (Å²) in [7, 11) is 0. The number of halogens is 3. The molecule has 84 valence electrons. The number of nitrogen functional groups attached to an aromatic ring is 1. The fraction of sp³-hybridized carbons (Fsp3) is 0.111. The van der Waals surface area contributed by atoms with Crippen LogP contribution in [0.15, 0.2) is 4.60 Å². The van der Waals surface area contributed by atoms with Crippen molar-refractivity contribution in [3.8, 4) is 12.3 Å². The molecule has 1 aromatic heterocycles. The van der Waals surface area contributed by atoms with Crippen molar-refractivity contribution < 1.29 is 13.9 Å². The first-order valence-corrected chi connectivity index (χ1v) is 5.06. The van der Waals surface area contributed by atoms with Gasteiger partial charge in [-0.3, -0.25) is 0 Å². The standard InChI is InChI=1S/C9H5BrClFN2O2/c1-2-3-16-9(15)7-4(11)6(13)5(12)8(10)14-7/h1H,3H2,(H2,13,14). The summed E-state index contributed by atoms with van der Waals surface area (Å²) < 4.78 is 17.6. The number of carbonyl (C=O) groups excluding carboxylic acids is 1. The van der Waals surface area contributed by atoms with Gasteiger partial charge in [0.15, 0.2) is 18.1 Å². The average Bonchev–Trinajstić information content (AvgIpc) is 2.28. The predicted octanol–water partition coefficient (Wildman–Crippen LogP) is 2.01. The molecule has 0 aliphatic carbocycles. The fourth-order valence-electron chi connectivity index (χ4n) is 0.842. The zero-order valence-corrected chi connectivity index (χ0v) is 10.1. The Labute approximate surface area is 104 Å². The molecule has 0 aliphatic heterocycles. The second-order valence-electron chi connectivity index (χ2n) is 2.57. The van der Waals surface area contributed by atoms with Crippen LogP contribution in [0.3, 0.4) is 0 Å². The summed E-state index contributed by atoms with van der Waals surface area (Å²) in [6, 6.07) is 0. The number of nitrogens with two attached hydrogens (primary N) is 1. The lowest BCUT2D eigenvalue weighted by atomic mass is 10.3. The summed E-state index contributed by atoms with van der Waals surface area (Å²) >= 11 is 8.44. The number of pyridine rings is 1. The summed E-state index contributed by atoms with van der Waals surface area (Å²) in [4.78, 5) is 14.9. The Morgan fingerprint density at radius 3 is 2.94 bits per heavy atom. The Balaban J connectivity index is 3.16. The molecule has 1 aromatic rings. The van der Waals surface area contributed by atoms with Gasteiger partial charge in [-0.05, 0) is 15.9 Å². The highest BCUT2D eigenvalue weighted by molar-refractivity contribution is 9.10. The van der Waals surface area contributed by atoms with Crippen LogP contribution in [0.5, 0.6) is 0 Å². The van der Waals surface area contributed by atoms with Gasteiger partial charge in [0.2, 0.25) is 0 Å². The first-order chi connectivity index (χ1) is 7.49. The molecule has 0 radical (unpaired) electrons. The van der Waals surface area contributed by atoms with Gasteiger partial charge >= 0.3 is 5.97 Å². The van der Waals surface area contributed by atoms with Crippen LogP contribution in [-0.4, -0.2) is 17.6 Å². The van der Waals surface area contributed by atoms with Crippen molar-refractivity contribution in [2.75, 3.05) is 12.3 Å². The SMILES string of the molecule is C#CCOC(=O)c1nc(Br)c(F)c(N)c1Cl. The van der Waals surface area contributed by atoms with Crippen molar-refractivity contribution >= 4 is 39.2 Å². The topological polar surface area (TPSA) is 65.2 Å². The summed E-state index contributed by atoms with van der Waals surface area (Å²) in [5, 5.41) is -0.303. The van der Waals surface area contributed by atoms with Gasteiger partial charge in [0.25, 0.3) is 0 Å². The maximum absolute atomic E-state index is 13.2. The van der Waals surface area contributed by atoms with Crippen LogP contribution in [0.2, 0.25) is 5.02 Å². The molecule has 2 N–H and O–H groups in total. The summed E-state index contributed by atoms with van der Waals surface area (Å²) in [5.41, 5.74) is 4.66. The molecule has 0 aliphatic rings. The molecule has 0 bridgehead atoms. The number of anilines is 1. The number of carbonyl (C=O) groups is 1. The van der Waals surface area contributed by atoms with Crippen molar-refractivity contribution in [1.82, 2.24) is 4.98 Å². The van der Waals surface area contributed by atoms with Crippen LogP contribution in [0.25, 0.3) is 0 Å². The molecule has 0 spiro atoms. The first-order valence-electron chi connectivity index (χ1n) is 3.89. The minimum Gasteiger partial charge on any atom is -0.448 e. The molecule has 16 heavy (non-hydrogen) atoms. The Morgan fingerprint density at radius 2 is 2.38 bits per heavy atom. The summed E-state index contributed by atoms with van der Waals surface area (Å²) in [5.74, 6) is 0.397. The number of rotatable bonds is 2. The Bertz CT molecular complexity index is 487. The van der Waals surface area contributed by atoms with Gasteiger partial charge in [0.05, 0.1) is 10.7 Å². The summed E-state index contributed by atoms with van der Waals surface area (Å²) in [6.45, 7) is -0.230. The van der Waals surface area contributed by atoms with Crippen LogP contribution in [0.4, 0.5) is 10.1 Å². The molecule has 1 rings (SSSR count). The van der Waals surface area contributed by atoms with Gasteiger partial charge in [0, 0.05) is 0 Å². The third-order valence-corrected chi connectivity index (χ3v) is 2.46.